The molecule has 0 radical (unpaired) electrons. The fourth-order valence-corrected chi connectivity index (χ4v) is 2.02. The number of aryl methyl sites for hydroxylation is 1. The predicted octanol–water partition coefficient (Wildman–Crippen LogP) is 2.82. The topological polar surface area (TPSA) is 55.8 Å². The van der Waals surface area contributed by atoms with Gasteiger partial charge in [-0.2, -0.15) is 0 Å². The Morgan fingerprint density at radius 3 is 2.43 bits per heavy atom. The van der Waals surface area contributed by atoms with Crippen LogP contribution in [0.2, 0.25) is 0 Å². The molecule has 0 amide bonds. The second kappa shape index (κ2) is 7.48. The maximum Gasteiger partial charge on any atom is 0.308 e. The van der Waals surface area contributed by atoms with Crippen molar-refractivity contribution in [1.82, 2.24) is 0 Å². The number of esters is 1. The molecule has 118 valence electrons. The highest BCUT2D eigenvalue weighted by Crippen LogP contribution is 2.32. The number of carbonyl (C=O) groups is 1. The standard InChI is InChI=1S/C19H18O4/c1-13-4-6-15(7-5-13)8-9-17-10-16(12-20)11-18(22-3)19(17)23-14(2)21/h4-7,10-11,20H,12H2,1-3H3. The molecule has 4 nitrogen and oxygen atoms in total. The first-order chi connectivity index (χ1) is 11.0. The van der Waals surface area contributed by atoms with Gasteiger partial charge in [-0.3, -0.25) is 4.79 Å². The third-order valence-electron chi connectivity index (χ3n) is 3.16. The van der Waals surface area contributed by atoms with E-state index in [1.54, 1.807) is 12.1 Å². The molecule has 0 saturated heterocycles. The lowest BCUT2D eigenvalue weighted by atomic mass is 10.1. The smallest absolute Gasteiger partial charge is 0.308 e. The Kier molecular flexibility index (Phi) is 5.40. The summed E-state index contributed by atoms with van der Waals surface area (Å²) in [5.41, 5.74) is 3.12. The number of carbonyl (C=O) groups excluding carboxylic acids is 1. The quantitative estimate of drug-likeness (QED) is 0.538. The lowest BCUT2D eigenvalue weighted by Gasteiger charge is -2.11. The van der Waals surface area contributed by atoms with Crippen molar-refractivity contribution in [2.24, 2.45) is 0 Å². The van der Waals surface area contributed by atoms with Crippen LogP contribution in [0.25, 0.3) is 0 Å². The Morgan fingerprint density at radius 2 is 1.87 bits per heavy atom. The number of aliphatic hydroxyl groups excluding tert-OH is 1. The minimum atomic E-state index is -0.460. The molecule has 2 aromatic rings. The summed E-state index contributed by atoms with van der Waals surface area (Å²) in [4.78, 5) is 11.3. The average Bonchev–Trinajstić information content (AvgIpc) is 2.54. The van der Waals surface area contributed by atoms with Gasteiger partial charge in [-0.15, -0.1) is 0 Å². The number of benzene rings is 2. The van der Waals surface area contributed by atoms with Crippen LogP contribution >= 0.6 is 0 Å². The van der Waals surface area contributed by atoms with E-state index < -0.39 is 5.97 Å². The zero-order valence-corrected chi connectivity index (χ0v) is 13.3. The van der Waals surface area contributed by atoms with Crippen LogP contribution in [0.15, 0.2) is 36.4 Å². The molecule has 0 fully saturated rings. The number of hydrogen-bond acceptors (Lipinski definition) is 4. The highest BCUT2D eigenvalue weighted by atomic mass is 16.6. The van der Waals surface area contributed by atoms with E-state index in [9.17, 15) is 9.90 Å². The normalized spacial score (nSPS) is 9.74. The van der Waals surface area contributed by atoms with Crippen molar-refractivity contribution >= 4 is 5.97 Å². The Bertz CT molecular complexity index is 764. The van der Waals surface area contributed by atoms with Crippen molar-refractivity contribution in [3.05, 3.63) is 58.7 Å². The van der Waals surface area contributed by atoms with Gasteiger partial charge in [-0.05, 0) is 36.8 Å². The zero-order valence-electron chi connectivity index (χ0n) is 13.3. The van der Waals surface area contributed by atoms with Crippen LogP contribution in [0.1, 0.15) is 29.2 Å². The van der Waals surface area contributed by atoms with E-state index in [-0.39, 0.29) is 12.4 Å². The first-order valence-electron chi connectivity index (χ1n) is 7.12. The van der Waals surface area contributed by atoms with Gasteiger partial charge in [0.25, 0.3) is 0 Å². The molecule has 0 heterocycles. The molecule has 4 heteroatoms. The lowest BCUT2D eigenvalue weighted by molar-refractivity contribution is -0.132. The summed E-state index contributed by atoms with van der Waals surface area (Å²) in [6.07, 6.45) is 0. The number of aliphatic hydroxyl groups is 1. The highest BCUT2D eigenvalue weighted by Gasteiger charge is 2.14. The Balaban J connectivity index is 2.50. The monoisotopic (exact) mass is 310 g/mol. The molecule has 0 spiro atoms. The van der Waals surface area contributed by atoms with Gasteiger partial charge in [0.1, 0.15) is 0 Å². The summed E-state index contributed by atoms with van der Waals surface area (Å²) in [6, 6.07) is 11.1. The molecule has 0 atom stereocenters. The van der Waals surface area contributed by atoms with Crippen LogP contribution in [0.5, 0.6) is 11.5 Å². The van der Waals surface area contributed by atoms with Gasteiger partial charge < -0.3 is 14.6 Å². The van der Waals surface area contributed by atoms with E-state index in [1.807, 2.05) is 31.2 Å². The SMILES string of the molecule is COc1cc(CO)cc(C#Cc2ccc(C)cc2)c1OC(C)=O. The maximum absolute atomic E-state index is 11.3. The van der Waals surface area contributed by atoms with E-state index in [1.165, 1.54) is 14.0 Å². The third-order valence-corrected chi connectivity index (χ3v) is 3.16. The van der Waals surface area contributed by atoms with Gasteiger partial charge >= 0.3 is 5.97 Å². The molecule has 23 heavy (non-hydrogen) atoms. The molecule has 2 rings (SSSR count). The van der Waals surface area contributed by atoms with Crippen molar-refractivity contribution in [2.45, 2.75) is 20.5 Å². The number of rotatable bonds is 3. The maximum atomic E-state index is 11.3. The second-order valence-electron chi connectivity index (χ2n) is 5.04. The van der Waals surface area contributed by atoms with Crippen LogP contribution < -0.4 is 9.47 Å². The molecule has 1 N–H and O–H groups in total. The molecule has 0 aliphatic carbocycles. The van der Waals surface area contributed by atoms with E-state index >= 15 is 0 Å². The minimum Gasteiger partial charge on any atom is -0.493 e. The Morgan fingerprint density at radius 1 is 1.17 bits per heavy atom. The molecule has 2 aromatic carbocycles. The highest BCUT2D eigenvalue weighted by molar-refractivity contribution is 5.72. The fourth-order valence-electron chi connectivity index (χ4n) is 2.02. The largest absolute Gasteiger partial charge is 0.493 e. The molecular weight excluding hydrogens is 292 g/mol. The first kappa shape index (κ1) is 16.6. The molecule has 0 aromatic heterocycles. The van der Waals surface area contributed by atoms with Crippen molar-refractivity contribution in [3.8, 4) is 23.3 Å². The lowest BCUT2D eigenvalue weighted by Crippen LogP contribution is -2.05. The summed E-state index contributed by atoms with van der Waals surface area (Å²) < 4.78 is 10.5. The number of hydrogen-bond donors (Lipinski definition) is 1. The second-order valence-corrected chi connectivity index (χ2v) is 5.04. The summed E-state index contributed by atoms with van der Waals surface area (Å²) in [6.45, 7) is 3.16. The first-order valence-corrected chi connectivity index (χ1v) is 7.12. The Hall–Kier alpha value is -2.77. The van der Waals surface area contributed by atoms with Gasteiger partial charge in [0.15, 0.2) is 11.5 Å². The van der Waals surface area contributed by atoms with Gasteiger partial charge in [0, 0.05) is 12.5 Å². The number of ether oxygens (including phenoxy) is 2. The van der Waals surface area contributed by atoms with E-state index in [0.29, 0.717) is 16.9 Å². The third kappa shape index (κ3) is 4.35. The summed E-state index contributed by atoms with van der Waals surface area (Å²) in [5.74, 6) is 6.17. The van der Waals surface area contributed by atoms with Crippen LogP contribution in [0.3, 0.4) is 0 Å². The minimum absolute atomic E-state index is 0.157. The van der Waals surface area contributed by atoms with Gasteiger partial charge in [-0.25, -0.2) is 0 Å². The van der Waals surface area contributed by atoms with E-state index in [4.69, 9.17) is 9.47 Å². The summed E-state index contributed by atoms with van der Waals surface area (Å²) >= 11 is 0. The molecule has 0 unspecified atom stereocenters. The zero-order chi connectivity index (χ0) is 16.8. The molecule has 0 saturated carbocycles. The number of methoxy groups -OCH3 is 1. The average molecular weight is 310 g/mol. The van der Waals surface area contributed by atoms with Crippen molar-refractivity contribution in [3.63, 3.8) is 0 Å². The predicted molar refractivity (Wildman–Crippen MR) is 87.4 cm³/mol. The van der Waals surface area contributed by atoms with Crippen LogP contribution in [-0.2, 0) is 11.4 Å². The molecule has 0 aliphatic rings. The van der Waals surface area contributed by atoms with Crippen LogP contribution in [0, 0.1) is 18.8 Å². The van der Waals surface area contributed by atoms with E-state index in [2.05, 4.69) is 11.8 Å². The summed E-state index contributed by atoms with van der Waals surface area (Å²) in [7, 11) is 1.47. The van der Waals surface area contributed by atoms with E-state index in [0.717, 1.165) is 11.1 Å². The summed E-state index contributed by atoms with van der Waals surface area (Å²) in [5, 5.41) is 9.36. The van der Waals surface area contributed by atoms with Gasteiger partial charge in [0.2, 0.25) is 0 Å². The fraction of sp³-hybridized carbons (Fsp3) is 0.211. The molecular formula is C19H18O4. The molecule has 0 aliphatic heterocycles. The van der Waals surface area contributed by atoms with Gasteiger partial charge in [-0.1, -0.05) is 29.5 Å². The van der Waals surface area contributed by atoms with Crippen molar-refractivity contribution in [2.75, 3.05) is 7.11 Å². The Labute approximate surface area is 135 Å². The van der Waals surface area contributed by atoms with Crippen molar-refractivity contribution in [1.29, 1.82) is 0 Å². The van der Waals surface area contributed by atoms with Crippen LogP contribution in [-0.4, -0.2) is 18.2 Å². The van der Waals surface area contributed by atoms with Crippen LogP contribution in [0.4, 0.5) is 0 Å². The van der Waals surface area contributed by atoms with Gasteiger partial charge in [0.05, 0.1) is 19.3 Å². The molecule has 0 bridgehead atoms. The van der Waals surface area contributed by atoms with Crippen molar-refractivity contribution < 1.29 is 19.4 Å².